The van der Waals surface area contributed by atoms with E-state index in [4.69, 9.17) is 0 Å². The minimum Gasteiger partial charge on any atom is -0.196 e. The van der Waals surface area contributed by atoms with E-state index in [2.05, 4.69) is 67.5 Å². The van der Waals surface area contributed by atoms with Crippen molar-refractivity contribution in [1.82, 2.24) is 0 Å². The molecule has 100 valence electrons. The molecule has 2 rings (SSSR count). The maximum atomic E-state index is 2.24. The molecule has 0 fully saturated rings. The van der Waals surface area contributed by atoms with Crippen molar-refractivity contribution in [3.05, 3.63) is 56.6 Å². The van der Waals surface area contributed by atoms with Crippen LogP contribution in [0.25, 0.3) is 0 Å². The molecule has 0 saturated carbocycles. The van der Waals surface area contributed by atoms with Crippen molar-refractivity contribution in [1.29, 1.82) is 0 Å². The van der Waals surface area contributed by atoms with Crippen LogP contribution >= 0.6 is 0 Å². The summed E-state index contributed by atoms with van der Waals surface area (Å²) in [5, 5.41) is 0. The molecular formula is C18H26Zn. The van der Waals surface area contributed by atoms with E-state index in [1.165, 1.54) is 44.5 Å². The molecule has 0 amide bonds. The Hall–Kier alpha value is -0.677. The van der Waals surface area contributed by atoms with Crippen LogP contribution in [0.3, 0.4) is 0 Å². The van der Waals surface area contributed by atoms with Crippen LogP contribution in [0.4, 0.5) is 0 Å². The van der Waals surface area contributed by atoms with E-state index in [1.807, 2.05) is 0 Å². The van der Waals surface area contributed by atoms with Crippen LogP contribution in [0, 0.1) is 55.4 Å². The molecule has 2 aromatic carbocycles. The molecule has 0 aliphatic rings. The van der Waals surface area contributed by atoms with Crippen molar-refractivity contribution in [2.75, 3.05) is 0 Å². The Morgan fingerprint density at radius 3 is 0.632 bits per heavy atom. The Balaban J connectivity index is 0.000000324. The second-order valence-electron chi connectivity index (χ2n) is 5.52. The molecule has 2 aromatic rings. The first-order valence-corrected chi connectivity index (χ1v) is 6.65. The Labute approximate surface area is 131 Å². The number of rotatable bonds is 0. The minimum absolute atomic E-state index is 0. The molecule has 0 saturated heterocycles. The van der Waals surface area contributed by atoms with E-state index in [-0.39, 0.29) is 19.5 Å². The third-order valence-corrected chi connectivity index (χ3v) is 4.36. The molecule has 0 radical (unpaired) electrons. The number of hydrogen-bond acceptors (Lipinski definition) is 0. The van der Waals surface area contributed by atoms with Gasteiger partial charge in [-0.25, -0.2) is 0 Å². The van der Waals surface area contributed by atoms with Gasteiger partial charge in [-0.2, -0.15) is 56.6 Å². The first kappa shape index (κ1) is 18.3. The predicted octanol–water partition coefficient (Wildman–Crippen LogP) is 5.28. The second kappa shape index (κ2) is 7.20. The average Bonchev–Trinajstić information content (AvgIpc) is 2.66. The Morgan fingerprint density at radius 1 is 0.421 bits per heavy atom. The van der Waals surface area contributed by atoms with Crippen molar-refractivity contribution < 1.29 is 19.5 Å². The summed E-state index contributed by atoms with van der Waals surface area (Å²) in [5.41, 5.74) is 11.5. The van der Waals surface area contributed by atoms with Gasteiger partial charge in [0.15, 0.2) is 0 Å². The fourth-order valence-corrected chi connectivity index (χ4v) is 2.27. The van der Waals surface area contributed by atoms with Gasteiger partial charge >= 0.3 is 19.5 Å². The molecule has 0 spiro atoms. The van der Waals surface area contributed by atoms with Gasteiger partial charge in [0.2, 0.25) is 0 Å². The standard InChI is InChI=1S/2C9H13.Zn/c2*1-6-5-7(2)9(4)8(6)3;/h2*5H,1-4H3;/q2*-1;+2. The topological polar surface area (TPSA) is 0 Å². The molecule has 0 N–H and O–H groups in total. The van der Waals surface area contributed by atoms with Crippen LogP contribution in [0.1, 0.15) is 44.5 Å². The van der Waals surface area contributed by atoms with E-state index in [1.54, 1.807) is 0 Å². The summed E-state index contributed by atoms with van der Waals surface area (Å²) >= 11 is 0. The Kier molecular flexibility index (Phi) is 6.94. The Bertz CT molecular complexity index is 443. The number of hydrogen-bond donors (Lipinski definition) is 0. The molecule has 0 bridgehead atoms. The van der Waals surface area contributed by atoms with Gasteiger partial charge in [0.05, 0.1) is 0 Å². The molecule has 0 aromatic heterocycles. The third-order valence-electron chi connectivity index (χ3n) is 4.36. The van der Waals surface area contributed by atoms with Crippen LogP contribution in [0.15, 0.2) is 12.1 Å². The monoisotopic (exact) mass is 306 g/mol. The predicted molar refractivity (Wildman–Crippen MR) is 82.0 cm³/mol. The summed E-state index contributed by atoms with van der Waals surface area (Å²) in [4.78, 5) is 0. The summed E-state index contributed by atoms with van der Waals surface area (Å²) in [5.74, 6) is 0. The first-order chi connectivity index (χ1) is 8.25. The van der Waals surface area contributed by atoms with Crippen molar-refractivity contribution in [3.8, 4) is 0 Å². The summed E-state index contributed by atoms with van der Waals surface area (Å²) in [6, 6.07) is 4.48. The van der Waals surface area contributed by atoms with E-state index in [0.29, 0.717) is 0 Å². The minimum atomic E-state index is 0. The van der Waals surface area contributed by atoms with Crippen molar-refractivity contribution in [3.63, 3.8) is 0 Å². The quantitative estimate of drug-likeness (QED) is 0.459. The van der Waals surface area contributed by atoms with Crippen LogP contribution in [0.2, 0.25) is 0 Å². The maximum absolute atomic E-state index is 2.24. The van der Waals surface area contributed by atoms with Crippen LogP contribution in [-0.4, -0.2) is 0 Å². The van der Waals surface area contributed by atoms with Gasteiger partial charge in [-0.3, -0.25) is 0 Å². The SMILES string of the molecule is Cc1[cH-]c(C)c(C)c1C.Cc1[cH-]c(C)c(C)c1C.[Zn+2]. The molecule has 0 heterocycles. The van der Waals surface area contributed by atoms with Crippen molar-refractivity contribution in [2.24, 2.45) is 0 Å². The van der Waals surface area contributed by atoms with Crippen molar-refractivity contribution >= 4 is 0 Å². The zero-order chi connectivity index (χ0) is 14.0. The largest absolute Gasteiger partial charge is 2.00 e. The maximum Gasteiger partial charge on any atom is 2.00 e. The molecule has 0 unspecified atom stereocenters. The molecule has 1 heteroatoms. The second-order valence-corrected chi connectivity index (χ2v) is 5.52. The van der Waals surface area contributed by atoms with E-state index >= 15 is 0 Å². The summed E-state index contributed by atoms with van der Waals surface area (Å²) < 4.78 is 0. The summed E-state index contributed by atoms with van der Waals surface area (Å²) in [6.07, 6.45) is 0. The first-order valence-electron chi connectivity index (χ1n) is 6.65. The molecule has 0 aliphatic heterocycles. The normalized spacial score (nSPS) is 9.68. The van der Waals surface area contributed by atoms with Gasteiger partial charge in [0.25, 0.3) is 0 Å². The van der Waals surface area contributed by atoms with Crippen LogP contribution in [-0.2, 0) is 19.5 Å². The Morgan fingerprint density at radius 2 is 0.579 bits per heavy atom. The molecular weight excluding hydrogens is 282 g/mol. The molecule has 0 aliphatic carbocycles. The van der Waals surface area contributed by atoms with E-state index in [0.717, 1.165) is 0 Å². The van der Waals surface area contributed by atoms with Gasteiger partial charge in [-0.1, -0.05) is 55.4 Å². The number of aryl methyl sites for hydroxylation is 4. The smallest absolute Gasteiger partial charge is 0.196 e. The molecule has 19 heavy (non-hydrogen) atoms. The molecule has 0 nitrogen and oxygen atoms in total. The van der Waals surface area contributed by atoms with E-state index < -0.39 is 0 Å². The van der Waals surface area contributed by atoms with Crippen LogP contribution < -0.4 is 0 Å². The van der Waals surface area contributed by atoms with E-state index in [9.17, 15) is 0 Å². The average molecular weight is 308 g/mol. The van der Waals surface area contributed by atoms with Gasteiger partial charge in [-0.15, -0.1) is 0 Å². The summed E-state index contributed by atoms with van der Waals surface area (Å²) in [7, 11) is 0. The van der Waals surface area contributed by atoms with Crippen LogP contribution in [0.5, 0.6) is 0 Å². The zero-order valence-corrected chi connectivity index (χ0v) is 16.8. The fourth-order valence-electron chi connectivity index (χ4n) is 2.27. The van der Waals surface area contributed by atoms with Crippen molar-refractivity contribution in [2.45, 2.75) is 55.4 Å². The van der Waals surface area contributed by atoms with Gasteiger partial charge in [-0.05, 0) is 0 Å². The molecule has 0 atom stereocenters. The third kappa shape index (κ3) is 4.15. The zero-order valence-electron chi connectivity index (χ0n) is 13.9. The fraction of sp³-hybridized carbons (Fsp3) is 0.444. The van der Waals surface area contributed by atoms with Gasteiger partial charge < -0.3 is 0 Å². The van der Waals surface area contributed by atoms with Gasteiger partial charge in [0.1, 0.15) is 0 Å². The summed E-state index contributed by atoms with van der Waals surface area (Å²) in [6.45, 7) is 17.4. The van der Waals surface area contributed by atoms with Gasteiger partial charge in [0, 0.05) is 0 Å².